The molecule has 0 atom stereocenters. The molecule has 22 heavy (non-hydrogen) atoms. The lowest BCUT2D eigenvalue weighted by atomic mass is 10.1. The Hall–Kier alpha value is -2.69. The molecule has 0 aliphatic heterocycles. The van der Waals surface area contributed by atoms with Crippen LogP contribution in [-0.4, -0.2) is 16.8 Å². The van der Waals surface area contributed by atoms with Crippen LogP contribution < -0.4 is 10.6 Å². The minimum Gasteiger partial charge on any atom is -0.352 e. The maximum Gasteiger partial charge on any atom is 0.221 e. The molecule has 0 unspecified atom stereocenters. The normalized spacial score (nSPS) is 10.0. The Morgan fingerprint density at radius 3 is 2.50 bits per heavy atom. The van der Waals surface area contributed by atoms with E-state index in [2.05, 4.69) is 15.6 Å². The van der Waals surface area contributed by atoms with Gasteiger partial charge in [0.25, 0.3) is 0 Å². The molecular formula is C17H19N3O2. The molecule has 0 saturated carbocycles. The summed E-state index contributed by atoms with van der Waals surface area (Å²) in [5.41, 5.74) is 2.79. The SMILES string of the molecule is CC(=O)Nc1ccc(CNC(=O)CCc2cccnc2)cc1. The van der Waals surface area contributed by atoms with Crippen LogP contribution in [0.4, 0.5) is 5.69 Å². The molecule has 2 aromatic rings. The summed E-state index contributed by atoms with van der Waals surface area (Å²) >= 11 is 0. The topological polar surface area (TPSA) is 71.1 Å². The van der Waals surface area contributed by atoms with Gasteiger partial charge in [0.2, 0.25) is 11.8 Å². The van der Waals surface area contributed by atoms with Crippen molar-refractivity contribution in [3.63, 3.8) is 0 Å². The Kier molecular flexibility index (Phi) is 5.65. The summed E-state index contributed by atoms with van der Waals surface area (Å²) in [6.07, 6.45) is 4.61. The van der Waals surface area contributed by atoms with Crippen molar-refractivity contribution in [2.24, 2.45) is 0 Å². The number of pyridine rings is 1. The number of anilines is 1. The van der Waals surface area contributed by atoms with E-state index in [1.165, 1.54) is 6.92 Å². The lowest BCUT2D eigenvalue weighted by Gasteiger charge is -2.07. The van der Waals surface area contributed by atoms with Gasteiger partial charge in [0.1, 0.15) is 0 Å². The third-order valence-electron chi connectivity index (χ3n) is 3.13. The van der Waals surface area contributed by atoms with Gasteiger partial charge >= 0.3 is 0 Å². The van der Waals surface area contributed by atoms with Crippen LogP contribution in [0.15, 0.2) is 48.8 Å². The number of aromatic nitrogens is 1. The van der Waals surface area contributed by atoms with Crippen molar-refractivity contribution in [2.45, 2.75) is 26.3 Å². The molecule has 0 spiro atoms. The second-order valence-electron chi connectivity index (χ2n) is 5.02. The number of hydrogen-bond acceptors (Lipinski definition) is 3. The van der Waals surface area contributed by atoms with E-state index in [9.17, 15) is 9.59 Å². The first-order valence-electron chi connectivity index (χ1n) is 7.15. The minimum atomic E-state index is -0.101. The van der Waals surface area contributed by atoms with Crippen molar-refractivity contribution in [2.75, 3.05) is 5.32 Å². The van der Waals surface area contributed by atoms with Crippen LogP contribution in [0.1, 0.15) is 24.5 Å². The largest absolute Gasteiger partial charge is 0.352 e. The first-order valence-corrected chi connectivity index (χ1v) is 7.15. The predicted molar refractivity (Wildman–Crippen MR) is 85.2 cm³/mol. The lowest BCUT2D eigenvalue weighted by molar-refractivity contribution is -0.121. The summed E-state index contributed by atoms with van der Waals surface area (Å²) in [4.78, 5) is 26.8. The van der Waals surface area contributed by atoms with E-state index in [0.717, 1.165) is 16.8 Å². The van der Waals surface area contributed by atoms with Gasteiger partial charge in [0.15, 0.2) is 0 Å². The van der Waals surface area contributed by atoms with Crippen molar-refractivity contribution < 1.29 is 9.59 Å². The molecule has 114 valence electrons. The van der Waals surface area contributed by atoms with Gasteiger partial charge in [-0.25, -0.2) is 0 Å². The predicted octanol–water partition coefficient (Wildman–Crippen LogP) is 2.29. The summed E-state index contributed by atoms with van der Waals surface area (Å²) in [5, 5.41) is 5.59. The second kappa shape index (κ2) is 7.93. The summed E-state index contributed by atoms with van der Waals surface area (Å²) in [6.45, 7) is 1.95. The zero-order chi connectivity index (χ0) is 15.8. The van der Waals surface area contributed by atoms with E-state index in [1.54, 1.807) is 12.4 Å². The molecule has 1 aromatic heterocycles. The van der Waals surface area contributed by atoms with Gasteiger partial charge in [0.05, 0.1) is 0 Å². The molecule has 0 fully saturated rings. The highest BCUT2D eigenvalue weighted by Gasteiger charge is 2.03. The maximum atomic E-state index is 11.8. The number of nitrogens with one attached hydrogen (secondary N) is 2. The molecule has 1 aromatic carbocycles. The first kappa shape index (κ1) is 15.7. The third kappa shape index (κ3) is 5.36. The third-order valence-corrected chi connectivity index (χ3v) is 3.13. The molecule has 2 N–H and O–H groups in total. The van der Waals surface area contributed by atoms with Crippen molar-refractivity contribution in [3.8, 4) is 0 Å². The zero-order valence-corrected chi connectivity index (χ0v) is 12.5. The van der Waals surface area contributed by atoms with Gasteiger partial charge in [-0.15, -0.1) is 0 Å². The van der Waals surface area contributed by atoms with Gasteiger partial charge < -0.3 is 10.6 Å². The molecule has 0 bridgehead atoms. The molecule has 0 saturated heterocycles. The van der Waals surface area contributed by atoms with E-state index in [1.807, 2.05) is 36.4 Å². The number of benzene rings is 1. The van der Waals surface area contributed by atoms with Gasteiger partial charge in [-0.3, -0.25) is 14.6 Å². The minimum absolute atomic E-state index is 0.00907. The number of hydrogen-bond donors (Lipinski definition) is 2. The quantitative estimate of drug-likeness (QED) is 0.859. The molecule has 0 radical (unpaired) electrons. The Morgan fingerprint density at radius 1 is 1.09 bits per heavy atom. The number of nitrogens with zero attached hydrogens (tertiary/aromatic N) is 1. The van der Waals surface area contributed by atoms with E-state index >= 15 is 0 Å². The molecule has 5 nitrogen and oxygen atoms in total. The number of rotatable bonds is 6. The van der Waals surface area contributed by atoms with Crippen LogP contribution >= 0.6 is 0 Å². The number of aryl methyl sites for hydroxylation is 1. The fourth-order valence-corrected chi connectivity index (χ4v) is 2.00. The molecule has 0 aliphatic rings. The monoisotopic (exact) mass is 297 g/mol. The van der Waals surface area contributed by atoms with Crippen LogP contribution in [0.25, 0.3) is 0 Å². The number of carbonyl (C=O) groups is 2. The van der Waals surface area contributed by atoms with Crippen molar-refractivity contribution in [1.82, 2.24) is 10.3 Å². The van der Waals surface area contributed by atoms with E-state index in [-0.39, 0.29) is 11.8 Å². The summed E-state index contributed by atoms with van der Waals surface area (Å²) in [5.74, 6) is -0.0914. The molecular weight excluding hydrogens is 278 g/mol. The fraction of sp³-hybridized carbons (Fsp3) is 0.235. The summed E-state index contributed by atoms with van der Waals surface area (Å²) < 4.78 is 0. The average molecular weight is 297 g/mol. The van der Waals surface area contributed by atoms with Crippen LogP contribution in [0.5, 0.6) is 0 Å². The van der Waals surface area contributed by atoms with Crippen molar-refractivity contribution in [3.05, 3.63) is 59.9 Å². The van der Waals surface area contributed by atoms with Gasteiger partial charge in [-0.2, -0.15) is 0 Å². The lowest BCUT2D eigenvalue weighted by Crippen LogP contribution is -2.23. The maximum absolute atomic E-state index is 11.8. The van der Waals surface area contributed by atoms with Crippen LogP contribution in [0.2, 0.25) is 0 Å². The van der Waals surface area contributed by atoms with E-state index in [0.29, 0.717) is 19.4 Å². The van der Waals surface area contributed by atoms with Crippen LogP contribution in [-0.2, 0) is 22.6 Å². The summed E-state index contributed by atoms with van der Waals surface area (Å²) in [6, 6.07) is 11.2. The Bertz CT molecular complexity index is 624. The highest BCUT2D eigenvalue weighted by molar-refractivity contribution is 5.88. The smallest absolute Gasteiger partial charge is 0.221 e. The first-order chi connectivity index (χ1) is 10.6. The molecule has 2 rings (SSSR count). The van der Waals surface area contributed by atoms with Gasteiger partial charge in [-0.05, 0) is 35.7 Å². The van der Waals surface area contributed by atoms with E-state index in [4.69, 9.17) is 0 Å². The number of amides is 2. The fourth-order valence-electron chi connectivity index (χ4n) is 2.00. The zero-order valence-electron chi connectivity index (χ0n) is 12.5. The molecule has 0 aliphatic carbocycles. The highest BCUT2D eigenvalue weighted by Crippen LogP contribution is 2.09. The van der Waals surface area contributed by atoms with Gasteiger partial charge in [0, 0.05) is 38.0 Å². The Labute approximate surface area is 129 Å². The average Bonchev–Trinajstić information content (AvgIpc) is 2.53. The standard InChI is InChI=1S/C17H19N3O2/c1-13(21)20-16-7-4-15(5-8-16)12-19-17(22)9-6-14-3-2-10-18-11-14/h2-5,7-8,10-11H,6,9,12H2,1H3,(H,19,22)(H,20,21). The van der Waals surface area contributed by atoms with Gasteiger partial charge in [-0.1, -0.05) is 18.2 Å². The molecule has 5 heteroatoms. The van der Waals surface area contributed by atoms with Crippen LogP contribution in [0.3, 0.4) is 0 Å². The second-order valence-corrected chi connectivity index (χ2v) is 5.02. The van der Waals surface area contributed by atoms with Crippen LogP contribution in [0, 0.1) is 0 Å². The van der Waals surface area contributed by atoms with E-state index < -0.39 is 0 Å². The Morgan fingerprint density at radius 2 is 1.86 bits per heavy atom. The summed E-state index contributed by atoms with van der Waals surface area (Å²) in [7, 11) is 0. The Balaban J connectivity index is 1.75. The highest BCUT2D eigenvalue weighted by atomic mass is 16.2. The molecule has 1 heterocycles. The molecule has 2 amide bonds. The number of carbonyl (C=O) groups excluding carboxylic acids is 2. The van der Waals surface area contributed by atoms with Crippen molar-refractivity contribution in [1.29, 1.82) is 0 Å². The van der Waals surface area contributed by atoms with Crippen molar-refractivity contribution >= 4 is 17.5 Å².